The lowest BCUT2D eigenvalue weighted by Gasteiger charge is -2.16. The summed E-state index contributed by atoms with van der Waals surface area (Å²) in [5, 5.41) is 15.4. The van der Waals surface area contributed by atoms with Crippen LogP contribution >= 0.6 is 39.3 Å². The first-order chi connectivity index (χ1) is 15.3. The van der Waals surface area contributed by atoms with Crippen molar-refractivity contribution in [3.05, 3.63) is 68.9 Å². The molecule has 0 unspecified atom stereocenters. The number of nitrogens with zero attached hydrogens (tertiary/aromatic N) is 3. The summed E-state index contributed by atoms with van der Waals surface area (Å²) in [4.78, 5) is 25.0. The van der Waals surface area contributed by atoms with Gasteiger partial charge >= 0.3 is 0 Å². The number of aromatic nitrogens is 3. The van der Waals surface area contributed by atoms with Crippen LogP contribution in [0.4, 0.5) is 5.69 Å². The van der Waals surface area contributed by atoms with Crippen LogP contribution in [-0.2, 0) is 11.3 Å². The Bertz CT molecular complexity index is 1140. The Balaban J connectivity index is 1.63. The van der Waals surface area contributed by atoms with E-state index in [4.69, 9.17) is 11.6 Å². The smallest absolute Gasteiger partial charge is 0.252 e. The molecule has 10 heteroatoms. The number of amides is 2. The SMILES string of the molecule is CCn1c(SCC(=O)Nc2ccc(Br)c(Cl)c2)nnc1[C@H](C)NC(=O)c1ccccc1C. The van der Waals surface area contributed by atoms with E-state index in [1.54, 1.807) is 24.3 Å². The Morgan fingerprint density at radius 2 is 1.97 bits per heavy atom. The van der Waals surface area contributed by atoms with Crippen LogP contribution in [0, 0.1) is 6.92 Å². The largest absolute Gasteiger partial charge is 0.342 e. The minimum absolute atomic E-state index is 0.162. The molecule has 1 heterocycles. The molecule has 0 spiro atoms. The van der Waals surface area contributed by atoms with Gasteiger partial charge in [0.25, 0.3) is 5.91 Å². The Hall–Kier alpha value is -2.36. The highest BCUT2D eigenvalue weighted by atomic mass is 79.9. The van der Waals surface area contributed by atoms with Crippen molar-refractivity contribution in [1.82, 2.24) is 20.1 Å². The third-order valence-electron chi connectivity index (χ3n) is 4.72. The molecule has 1 atom stereocenters. The molecule has 0 saturated heterocycles. The molecule has 0 saturated carbocycles. The summed E-state index contributed by atoms with van der Waals surface area (Å²) in [5.74, 6) is 0.456. The molecular formula is C22H23BrClN5O2S. The molecule has 2 N–H and O–H groups in total. The second-order valence-electron chi connectivity index (χ2n) is 7.06. The molecule has 1 aromatic heterocycles. The van der Waals surface area contributed by atoms with Gasteiger partial charge in [0.1, 0.15) is 0 Å². The van der Waals surface area contributed by atoms with Gasteiger partial charge in [0.15, 0.2) is 11.0 Å². The highest BCUT2D eigenvalue weighted by Crippen LogP contribution is 2.26. The Labute approximate surface area is 204 Å². The number of hydrogen-bond donors (Lipinski definition) is 2. The van der Waals surface area contributed by atoms with Gasteiger partial charge in [0.2, 0.25) is 5.91 Å². The fraction of sp³-hybridized carbons (Fsp3) is 0.273. The average molecular weight is 537 g/mol. The van der Waals surface area contributed by atoms with E-state index in [0.29, 0.717) is 33.8 Å². The van der Waals surface area contributed by atoms with E-state index < -0.39 is 0 Å². The van der Waals surface area contributed by atoms with E-state index in [-0.39, 0.29) is 23.6 Å². The Morgan fingerprint density at radius 1 is 1.22 bits per heavy atom. The molecule has 0 radical (unpaired) electrons. The van der Waals surface area contributed by atoms with Gasteiger partial charge in [-0.15, -0.1) is 10.2 Å². The predicted octanol–water partition coefficient (Wildman–Crippen LogP) is 5.24. The van der Waals surface area contributed by atoms with Gasteiger partial charge in [0.05, 0.1) is 16.8 Å². The summed E-state index contributed by atoms with van der Waals surface area (Å²) < 4.78 is 2.66. The number of nitrogens with one attached hydrogen (secondary N) is 2. The highest BCUT2D eigenvalue weighted by Gasteiger charge is 2.20. The number of rotatable bonds is 8. The molecule has 0 aliphatic rings. The fourth-order valence-electron chi connectivity index (χ4n) is 3.09. The van der Waals surface area contributed by atoms with Crippen LogP contribution in [0.3, 0.4) is 0 Å². The molecule has 3 rings (SSSR count). The maximum atomic E-state index is 12.7. The number of anilines is 1. The van der Waals surface area contributed by atoms with Gasteiger partial charge in [-0.1, -0.05) is 41.6 Å². The van der Waals surface area contributed by atoms with E-state index >= 15 is 0 Å². The van der Waals surface area contributed by atoms with Gasteiger partial charge in [-0.25, -0.2) is 0 Å². The molecule has 0 aliphatic heterocycles. The first kappa shape index (κ1) is 24.3. The predicted molar refractivity (Wildman–Crippen MR) is 131 cm³/mol. The molecule has 3 aromatic rings. The van der Waals surface area contributed by atoms with Crippen LogP contribution in [0.5, 0.6) is 0 Å². The van der Waals surface area contributed by atoms with Gasteiger partial charge in [-0.3, -0.25) is 9.59 Å². The molecule has 32 heavy (non-hydrogen) atoms. The molecule has 168 valence electrons. The fourth-order valence-corrected chi connectivity index (χ4v) is 4.33. The summed E-state index contributed by atoms with van der Waals surface area (Å²) in [7, 11) is 0. The zero-order valence-electron chi connectivity index (χ0n) is 17.9. The van der Waals surface area contributed by atoms with Crippen LogP contribution < -0.4 is 10.6 Å². The highest BCUT2D eigenvalue weighted by molar-refractivity contribution is 9.10. The second-order valence-corrected chi connectivity index (χ2v) is 9.26. The van der Waals surface area contributed by atoms with Gasteiger partial charge in [0, 0.05) is 22.3 Å². The summed E-state index contributed by atoms with van der Waals surface area (Å²) in [6.07, 6.45) is 0. The van der Waals surface area contributed by atoms with Crippen LogP contribution in [-0.4, -0.2) is 32.3 Å². The van der Waals surface area contributed by atoms with Crippen molar-refractivity contribution in [3.8, 4) is 0 Å². The Morgan fingerprint density at radius 3 is 2.66 bits per heavy atom. The maximum Gasteiger partial charge on any atom is 0.252 e. The van der Waals surface area contributed by atoms with Crippen molar-refractivity contribution in [2.75, 3.05) is 11.1 Å². The molecule has 0 fully saturated rings. The first-order valence-electron chi connectivity index (χ1n) is 9.97. The van der Waals surface area contributed by atoms with Crippen molar-refractivity contribution in [1.29, 1.82) is 0 Å². The third-order valence-corrected chi connectivity index (χ3v) is 6.92. The topological polar surface area (TPSA) is 88.9 Å². The van der Waals surface area contributed by atoms with E-state index in [2.05, 4.69) is 36.8 Å². The lowest BCUT2D eigenvalue weighted by atomic mass is 10.1. The van der Waals surface area contributed by atoms with Crippen LogP contribution in [0.25, 0.3) is 0 Å². The monoisotopic (exact) mass is 535 g/mol. The number of aryl methyl sites for hydroxylation is 1. The van der Waals surface area contributed by atoms with Crippen molar-refractivity contribution < 1.29 is 9.59 Å². The average Bonchev–Trinajstić information content (AvgIpc) is 3.18. The maximum absolute atomic E-state index is 12.7. The molecule has 0 aliphatic carbocycles. The van der Waals surface area contributed by atoms with Gasteiger partial charge < -0.3 is 15.2 Å². The van der Waals surface area contributed by atoms with E-state index in [1.165, 1.54) is 11.8 Å². The van der Waals surface area contributed by atoms with Crippen LogP contribution in [0.2, 0.25) is 5.02 Å². The van der Waals surface area contributed by atoms with Crippen molar-refractivity contribution in [2.24, 2.45) is 0 Å². The standard InChI is InChI=1S/C22H23BrClN5O2S/c1-4-29-20(14(3)25-21(31)16-8-6-5-7-13(16)2)27-28-22(29)32-12-19(30)26-15-9-10-17(23)18(24)11-15/h5-11,14H,4,12H2,1-3H3,(H,25,31)(H,26,30)/t14-/m0/s1. The summed E-state index contributed by atoms with van der Waals surface area (Å²) >= 11 is 10.7. The summed E-state index contributed by atoms with van der Waals surface area (Å²) in [5.41, 5.74) is 2.15. The lowest BCUT2D eigenvalue weighted by Crippen LogP contribution is -2.29. The molecule has 2 aromatic carbocycles. The second kappa shape index (κ2) is 11.0. The number of carbonyl (C=O) groups excluding carboxylic acids is 2. The lowest BCUT2D eigenvalue weighted by molar-refractivity contribution is -0.113. The summed E-state index contributed by atoms with van der Waals surface area (Å²) in [6.45, 7) is 6.34. The zero-order valence-corrected chi connectivity index (χ0v) is 21.0. The summed E-state index contributed by atoms with van der Waals surface area (Å²) in [6, 6.07) is 12.3. The normalized spacial score (nSPS) is 11.8. The van der Waals surface area contributed by atoms with E-state index in [0.717, 1.165) is 10.0 Å². The van der Waals surface area contributed by atoms with Crippen molar-refractivity contribution in [2.45, 2.75) is 38.5 Å². The van der Waals surface area contributed by atoms with E-state index in [1.807, 2.05) is 43.5 Å². The zero-order chi connectivity index (χ0) is 23.3. The van der Waals surface area contributed by atoms with Gasteiger partial charge in [-0.05, 0) is 66.5 Å². The third kappa shape index (κ3) is 5.90. The number of benzene rings is 2. The molecule has 7 nitrogen and oxygen atoms in total. The minimum atomic E-state index is -0.345. The van der Waals surface area contributed by atoms with Crippen LogP contribution in [0.15, 0.2) is 52.1 Å². The Kier molecular flexibility index (Phi) is 8.33. The number of carbonyl (C=O) groups is 2. The quantitative estimate of drug-likeness (QED) is 0.384. The van der Waals surface area contributed by atoms with Gasteiger partial charge in [-0.2, -0.15) is 0 Å². The van der Waals surface area contributed by atoms with Crippen LogP contribution in [0.1, 0.15) is 41.6 Å². The van der Waals surface area contributed by atoms with E-state index in [9.17, 15) is 9.59 Å². The van der Waals surface area contributed by atoms with Crippen molar-refractivity contribution >= 4 is 56.8 Å². The number of halogens is 2. The molecular weight excluding hydrogens is 514 g/mol. The molecule has 0 bridgehead atoms. The molecule has 2 amide bonds. The minimum Gasteiger partial charge on any atom is -0.342 e. The first-order valence-corrected chi connectivity index (χ1v) is 12.1. The number of thioether (sulfide) groups is 1. The van der Waals surface area contributed by atoms with Crippen molar-refractivity contribution in [3.63, 3.8) is 0 Å². The number of hydrogen-bond acceptors (Lipinski definition) is 5.